The van der Waals surface area contributed by atoms with E-state index in [1.54, 1.807) is 12.3 Å². The van der Waals surface area contributed by atoms with Gasteiger partial charge in [0.25, 0.3) is 0 Å². The molecule has 0 saturated heterocycles. The van der Waals surface area contributed by atoms with Gasteiger partial charge in [0, 0.05) is 21.7 Å². The lowest BCUT2D eigenvalue weighted by Gasteiger charge is -2.07. The number of benzene rings is 1. The highest BCUT2D eigenvalue weighted by atomic mass is 35.5. The molecular formula is C11H9ClN2OS. The summed E-state index contributed by atoms with van der Waals surface area (Å²) in [6, 6.07) is 7.33. The zero-order valence-electron chi connectivity index (χ0n) is 8.30. The Labute approximate surface area is 103 Å². The minimum absolute atomic E-state index is 0.0763. The topological polar surface area (TPSA) is 46.0 Å². The van der Waals surface area contributed by atoms with E-state index in [-0.39, 0.29) is 6.61 Å². The van der Waals surface area contributed by atoms with Gasteiger partial charge in [-0.05, 0) is 18.2 Å². The lowest BCUT2D eigenvalue weighted by molar-refractivity contribution is 0.279. The van der Waals surface area contributed by atoms with Crippen LogP contribution in [0.5, 0.6) is 0 Å². The van der Waals surface area contributed by atoms with Gasteiger partial charge in [0.2, 0.25) is 0 Å². The minimum atomic E-state index is -0.0763. The van der Waals surface area contributed by atoms with Crippen molar-refractivity contribution in [1.29, 1.82) is 0 Å². The highest BCUT2D eigenvalue weighted by Crippen LogP contribution is 2.32. The predicted octanol–water partition coefficient (Wildman–Crippen LogP) is 2.77. The van der Waals surface area contributed by atoms with E-state index in [0.717, 1.165) is 15.5 Å². The summed E-state index contributed by atoms with van der Waals surface area (Å²) in [5.41, 5.74) is 0.729. The van der Waals surface area contributed by atoms with E-state index < -0.39 is 0 Å². The van der Waals surface area contributed by atoms with E-state index in [0.29, 0.717) is 5.02 Å². The van der Waals surface area contributed by atoms with Crippen molar-refractivity contribution in [2.45, 2.75) is 16.5 Å². The number of rotatable bonds is 3. The standard InChI is InChI=1S/C11H9ClN2OS/c12-9-2-1-3-10(8(9)6-15)16-11-4-5-13-7-14-11/h1-5,7,15H,6H2. The fourth-order valence-electron chi connectivity index (χ4n) is 1.24. The summed E-state index contributed by atoms with van der Waals surface area (Å²) >= 11 is 7.45. The monoisotopic (exact) mass is 252 g/mol. The second-order valence-corrected chi connectivity index (χ2v) is 4.49. The van der Waals surface area contributed by atoms with Crippen LogP contribution in [0.25, 0.3) is 0 Å². The van der Waals surface area contributed by atoms with E-state index in [1.807, 2.05) is 18.2 Å². The highest BCUT2D eigenvalue weighted by Gasteiger charge is 2.07. The van der Waals surface area contributed by atoms with Crippen molar-refractivity contribution in [3.63, 3.8) is 0 Å². The van der Waals surface area contributed by atoms with Gasteiger partial charge in [-0.25, -0.2) is 9.97 Å². The molecule has 0 aliphatic carbocycles. The third kappa shape index (κ3) is 2.52. The number of halogens is 1. The molecule has 1 aromatic heterocycles. The molecule has 16 heavy (non-hydrogen) atoms. The van der Waals surface area contributed by atoms with Crippen LogP contribution in [-0.4, -0.2) is 15.1 Å². The molecule has 0 unspecified atom stereocenters. The summed E-state index contributed by atoms with van der Waals surface area (Å²) in [6.45, 7) is -0.0763. The van der Waals surface area contributed by atoms with E-state index in [9.17, 15) is 5.11 Å². The van der Waals surface area contributed by atoms with E-state index in [4.69, 9.17) is 11.6 Å². The van der Waals surface area contributed by atoms with E-state index in [2.05, 4.69) is 9.97 Å². The molecule has 0 bridgehead atoms. The molecule has 0 saturated carbocycles. The van der Waals surface area contributed by atoms with Gasteiger partial charge in [-0.2, -0.15) is 0 Å². The Bertz CT molecular complexity index is 479. The zero-order valence-corrected chi connectivity index (χ0v) is 9.87. The maximum Gasteiger partial charge on any atom is 0.116 e. The summed E-state index contributed by atoms with van der Waals surface area (Å²) in [5.74, 6) is 0. The van der Waals surface area contributed by atoms with Crippen molar-refractivity contribution in [2.75, 3.05) is 0 Å². The van der Waals surface area contributed by atoms with Crippen molar-refractivity contribution in [2.24, 2.45) is 0 Å². The Kier molecular flexibility index (Phi) is 3.77. The molecule has 0 aliphatic rings. The Morgan fingerprint density at radius 2 is 2.19 bits per heavy atom. The van der Waals surface area contributed by atoms with Gasteiger partial charge >= 0.3 is 0 Å². The summed E-state index contributed by atoms with van der Waals surface area (Å²) < 4.78 is 0. The van der Waals surface area contributed by atoms with Crippen molar-refractivity contribution in [3.05, 3.63) is 47.4 Å². The molecule has 0 spiro atoms. The lowest BCUT2D eigenvalue weighted by Crippen LogP contribution is -1.89. The van der Waals surface area contributed by atoms with Gasteiger partial charge in [0.1, 0.15) is 11.4 Å². The van der Waals surface area contributed by atoms with Gasteiger partial charge in [-0.15, -0.1) is 0 Å². The molecule has 1 aromatic carbocycles. The molecule has 0 atom stereocenters. The molecule has 2 aromatic rings. The molecule has 0 amide bonds. The van der Waals surface area contributed by atoms with Crippen LogP contribution in [0.15, 0.2) is 46.7 Å². The van der Waals surface area contributed by atoms with Gasteiger partial charge in [-0.3, -0.25) is 0 Å². The van der Waals surface area contributed by atoms with Crippen LogP contribution >= 0.6 is 23.4 Å². The lowest BCUT2D eigenvalue weighted by atomic mass is 10.2. The highest BCUT2D eigenvalue weighted by molar-refractivity contribution is 7.99. The van der Waals surface area contributed by atoms with Gasteiger partial charge < -0.3 is 5.11 Å². The van der Waals surface area contributed by atoms with Gasteiger partial charge in [-0.1, -0.05) is 29.4 Å². The molecule has 0 fully saturated rings. The van der Waals surface area contributed by atoms with Crippen molar-refractivity contribution in [3.8, 4) is 0 Å². The van der Waals surface area contributed by atoms with Crippen LogP contribution in [-0.2, 0) is 6.61 Å². The van der Waals surface area contributed by atoms with Crippen molar-refractivity contribution >= 4 is 23.4 Å². The van der Waals surface area contributed by atoms with Crippen molar-refractivity contribution < 1.29 is 5.11 Å². The Balaban J connectivity index is 2.31. The average Bonchev–Trinajstić information content (AvgIpc) is 2.31. The molecule has 2 rings (SSSR count). The average molecular weight is 253 g/mol. The second-order valence-electron chi connectivity index (χ2n) is 3.02. The summed E-state index contributed by atoms with van der Waals surface area (Å²) in [7, 11) is 0. The molecule has 0 aliphatic heterocycles. The van der Waals surface area contributed by atoms with Crippen LogP contribution < -0.4 is 0 Å². The number of aromatic nitrogens is 2. The Morgan fingerprint density at radius 1 is 1.31 bits per heavy atom. The fraction of sp³-hybridized carbons (Fsp3) is 0.0909. The van der Waals surface area contributed by atoms with Crippen LogP contribution in [0, 0.1) is 0 Å². The molecule has 1 N–H and O–H groups in total. The van der Waals surface area contributed by atoms with E-state index in [1.165, 1.54) is 18.1 Å². The molecule has 0 radical (unpaired) electrons. The quantitative estimate of drug-likeness (QED) is 0.854. The maximum absolute atomic E-state index is 9.25. The van der Waals surface area contributed by atoms with Crippen LogP contribution in [0.4, 0.5) is 0 Å². The summed E-state index contributed by atoms with van der Waals surface area (Å²) in [5, 5.41) is 10.6. The molecule has 82 valence electrons. The summed E-state index contributed by atoms with van der Waals surface area (Å²) in [6.07, 6.45) is 3.17. The van der Waals surface area contributed by atoms with Crippen LogP contribution in [0.1, 0.15) is 5.56 Å². The number of hydrogen-bond acceptors (Lipinski definition) is 4. The predicted molar refractivity (Wildman–Crippen MR) is 63.5 cm³/mol. The maximum atomic E-state index is 9.25. The number of nitrogens with zero attached hydrogens (tertiary/aromatic N) is 2. The first-order valence-electron chi connectivity index (χ1n) is 4.63. The smallest absolute Gasteiger partial charge is 0.116 e. The number of hydrogen-bond donors (Lipinski definition) is 1. The van der Waals surface area contributed by atoms with Crippen molar-refractivity contribution in [1.82, 2.24) is 9.97 Å². The van der Waals surface area contributed by atoms with Gasteiger partial charge in [0.05, 0.1) is 6.61 Å². The molecular weight excluding hydrogens is 244 g/mol. The fourth-order valence-corrected chi connectivity index (χ4v) is 2.43. The molecule has 3 nitrogen and oxygen atoms in total. The largest absolute Gasteiger partial charge is 0.392 e. The second kappa shape index (κ2) is 5.30. The number of aliphatic hydroxyl groups is 1. The third-order valence-corrected chi connectivity index (χ3v) is 3.41. The van der Waals surface area contributed by atoms with Crippen LogP contribution in [0.2, 0.25) is 5.02 Å². The normalized spacial score (nSPS) is 10.4. The SMILES string of the molecule is OCc1c(Cl)cccc1Sc1ccncn1. The third-order valence-electron chi connectivity index (χ3n) is 2.00. The first-order valence-corrected chi connectivity index (χ1v) is 5.83. The summed E-state index contributed by atoms with van der Waals surface area (Å²) in [4.78, 5) is 8.86. The molecule has 1 heterocycles. The Hall–Kier alpha value is -1.10. The van der Waals surface area contributed by atoms with Gasteiger partial charge in [0.15, 0.2) is 0 Å². The number of aliphatic hydroxyl groups excluding tert-OH is 1. The first-order chi connectivity index (χ1) is 7.81. The van der Waals surface area contributed by atoms with Crippen LogP contribution in [0.3, 0.4) is 0 Å². The zero-order chi connectivity index (χ0) is 11.4. The minimum Gasteiger partial charge on any atom is -0.392 e. The first kappa shape index (κ1) is 11.4. The van der Waals surface area contributed by atoms with E-state index >= 15 is 0 Å². The Morgan fingerprint density at radius 3 is 2.88 bits per heavy atom. The molecule has 5 heteroatoms.